The first kappa shape index (κ1) is 16.1. The molecular formula is C15H18F2N2O4. The molecule has 1 saturated heterocycles. The molecule has 6 nitrogen and oxygen atoms in total. The molecule has 2 aliphatic rings. The molecule has 2 heterocycles. The summed E-state index contributed by atoms with van der Waals surface area (Å²) in [5.74, 6) is -1.98. The number of hydrogen-bond acceptors (Lipinski definition) is 6. The van der Waals surface area contributed by atoms with E-state index >= 15 is 0 Å². The number of anilines is 1. The van der Waals surface area contributed by atoms with Gasteiger partial charge in [-0.25, -0.2) is 4.39 Å². The van der Waals surface area contributed by atoms with E-state index in [1.807, 2.05) is 0 Å². The molecule has 0 amide bonds. The minimum Gasteiger partial charge on any atom is -0.395 e. The fraction of sp³-hybridized carbons (Fsp3) is 0.533. The number of aliphatic hydroxyl groups excluding tert-OH is 1. The molecule has 0 atom stereocenters. The van der Waals surface area contributed by atoms with E-state index < -0.39 is 17.9 Å². The van der Waals surface area contributed by atoms with Gasteiger partial charge in [-0.3, -0.25) is 0 Å². The molecule has 0 radical (unpaired) electrons. The highest BCUT2D eigenvalue weighted by Crippen LogP contribution is 2.34. The fourth-order valence-corrected chi connectivity index (χ4v) is 2.05. The van der Waals surface area contributed by atoms with Crippen LogP contribution < -0.4 is 5.32 Å². The second-order valence-electron chi connectivity index (χ2n) is 5.29. The van der Waals surface area contributed by atoms with E-state index in [9.17, 15) is 8.78 Å². The third-order valence-electron chi connectivity index (χ3n) is 3.31. The summed E-state index contributed by atoms with van der Waals surface area (Å²) in [7, 11) is 0. The first-order chi connectivity index (χ1) is 11.2. The first-order valence-corrected chi connectivity index (χ1v) is 7.57. The van der Waals surface area contributed by atoms with Crippen LogP contribution in [0.2, 0.25) is 0 Å². The molecule has 2 aromatic rings. The van der Waals surface area contributed by atoms with Crippen LogP contribution in [0.4, 0.5) is 14.6 Å². The molecule has 126 valence electrons. The predicted octanol–water partition coefficient (Wildman–Crippen LogP) is 2.73. The topological polar surface area (TPSA) is 76.8 Å². The number of aliphatic hydroxyl groups is 1. The lowest BCUT2D eigenvalue weighted by atomic mass is 10.1. The fourth-order valence-electron chi connectivity index (χ4n) is 2.05. The molecule has 1 aliphatic heterocycles. The maximum Gasteiger partial charge on any atom is 0.207 e. The Morgan fingerprint density at radius 3 is 2.48 bits per heavy atom. The van der Waals surface area contributed by atoms with Gasteiger partial charge >= 0.3 is 0 Å². The number of aromatic nitrogens is 1. The van der Waals surface area contributed by atoms with E-state index in [4.69, 9.17) is 19.1 Å². The third-order valence-corrected chi connectivity index (χ3v) is 3.31. The van der Waals surface area contributed by atoms with E-state index in [2.05, 4.69) is 10.5 Å². The quantitative estimate of drug-likeness (QED) is 0.899. The van der Waals surface area contributed by atoms with Crippen molar-refractivity contribution in [3.63, 3.8) is 0 Å². The molecule has 2 fully saturated rings. The number of nitrogens with one attached hydrogen (secondary N) is 1. The standard InChI is InChI=1S/C12H12F2N2O4.C3H6/c13-8-6(12-18-3-4-19-12)5-7-10(9(8)14)20-16-11(7)15-1-2-17;1-2-3-1/h5,12,17H,1-4H2,(H,15,16);1-3H2. The molecule has 0 bridgehead atoms. The van der Waals surface area contributed by atoms with E-state index in [1.54, 1.807) is 0 Å². The van der Waals surface area contributed by atoms with Crippen molar-refractivity contribution in [2.75, 3.05) is 31.7 Å². The van der Waals surface area contributed by atoms with Gasteiger partial charge in [-0.05, 0) is 6.07 Å². The van der Waals surface area contributed by atoms with Gasteiger partial charge in [-0.1, -0.05) is 24.4 Å². The number of nitrogens with zero attached hydrogens (tertiary/aromatic N) is 1. The molecule has 4 rings (SSSR count). The average molecular weight is 328 g/mol. The van der Waals surface area contributed by atoms with Gasteiger partial charge in [0, 0.05) is 12.1 Å². The van der Waals surface area contributed by atoms with Crippen molar-refractivity contribution in [3.8, 4) is 0 Å². The highest BCUT2D eigenvalue weighted by Gasteiger charge is 2.28. The van der Waals surface area contributed by atoms with Crippen molar-refractivity contribution in [2.45, 2.75) is 25.6 Å². The zero-order valence-corrected chi connectivity index (χ0v) is 12.5. The maximum atomic E-state index is 14.0. The molecule has 0 spiro atoms. The average Bonchev–Trinajstić information content (AvgIpc) is 3.24. The van der Waals surface area contributed by atoms with Crippen LogP contribution in [-0.2, 0) is 9.47 Å². The minimum atomic E-state index is -1.14. The number of halogens is 2. The molecule has 0 unspecified atom stereocenters. The summed E-state index contributed by atoms with van der Waals surface area (Å²) in [5.41, 5.74) is -0.326. The smallest absolute Gasteiger partial charge is 0.207 e. The van der Waals surface area contributed by atoms with Gasteiger partial charge in [0.2, 0.25) is 11.4 Å². The number of fused-ring (bicyclic) bond motifs is 1. The van der Waals surface area contributed by atoms with Crippen LogP contribution in [0.25, 0.3) is 11.0 Å². The summed E-state index contributed by atoms with van der Waals surface area (Å²) >= 11 is 0. The Morgan fingerprint density at radius 1 is 1.17 bits per heavy atom. The summed E-state index contributed by atoms with van der Waals surface area (Å²) in [4.78, 5) is 0. The van der Waals surface area contributed by atoms with Crippen LogP contribution in [0, 0.1) is 11.6 Å². The Hall–Kier alpha value is -1.77. The van der Waals surface area contributed by atoms with Crippen LogP contribution in [0.5, 0.6) is 0 Å². The van der Waals surface area contributed by atoms with Gasteiger partial charge in [-0.2, -0.15) is 4.39 Å². The molecule has 23 heavy (non-hydrogen) atoms. The van der Waals surface area contributed by atoms with Crippen molar-refractivity contribution < 1.29 is 27.9 Å². The zero-order valence-electron chi connectivity index (χ0n) is 12.5. The van der Waals surface area contributed by atoms with E-state index in [0.717, 1.165) is 0 Å². The van der Waals surface area contributed by atoms with Crippen molar-refractivity contribution in [2.24, 2.45) is 0 Å². The second kappa shape index (κ2) is 7.20. The van der Waals surface area contributed by atoms with E-state index in [1.165, 1.54) is 25.3 Å². The Labute approximate surface area is 131 Å². The van der Waals surface area contributed by atoms with Crippen LogP contribution >= 0.6 is 0 Å². The van der Waals surface area contributed by atoms with Gasteiger partial charge in [0.25, 0.3) is 0 Å². The second-order valence-corrected chi connectivity index (χ2v) is 5.29. The van der Waals surface area contributed by atoms with Gasteiger partial charge in [0.15, 0.2) is 17.9 Å². The molecule has 1 saturated carbocycles. The Morgan fingerprint density at radius 2 is 1.87 bits per heavy atom. The Balaban J connectivity index is 0.000000468. The number of benzene rings is 1. The van der Waals surface area contributed by atoms with Crippen molar-refractivity contribution in [1.29, 1.82) is 0 Å². The van der Waals surface area contributed by atoms with Crippen molar-refractivity contribution in [1.82, 2.24) is 5.16 Å². The summed E-state index contributed by atoms with van der Waals surface area (Å²) in [5, 5.41) is 15.4. The van der Waals surface area contributed by atoms with E-state index in [-0.39, 0.29) is 35.5 Å². The normalized spacial score (nSPS) is 17.2. The monoisotopic (exact) mass is 328 g/mol. The molecule has 2 N–H and O–H groups in total. The number of hydrogen-bond donors (Lipinski definition) is 2. The van der Waals surface area contributed by atoms with Gasteiger partial charge in [0.1, 0.15) is 0 Å². The molecule has 1 aromatic heterocycles. The van der Waals surface area contributed by atoms with Gasteiger partial charge in [0.05, 0.1) is 25.2 Å². The SMILES string of the molecule is C1CC1.OCCNc1noc2c(F)c(F)c(C3OCCO3)cc12. The van der Waals surface area contributed by atoms with Gasteiger partial charge < -0.3 is 24.4 Å². The molecule has 1 aliphatic carbocycles. The van der Waals surface area contributed by atoms with Gasteiger partial charge in [-0.15, -0.1) is 0 Å². The lowest BCUT2D eigenvalue weighted by Crippen LogP contribution is -2.07. The highest BCUT2D eigenvalue weighted by molar-refractivity contribution is 5.89. The summed E-state index contributed by atoms with van der Waals surface area (Å²) < 4.78 is 43.1. The van der Waals surface area contributed by atoms with Crippen LogP contribution in [0.15, 0.2) is 10.6 Å². The largest absolute Gasteiger partial charge is 0.395 e. The Bertz CT molecular complexity index is 666. The zero-order chi connectivity index (χ0) is 16.2. The van der Waals surface area contributed by atoms with Crippen molar-refractivity contribution in [3.05, 3.63) is 23.3 Å². The minimum absolute atomic E-state index is 0.0391. The lowest BCUT2D eigenvalue weighted by molar-refractivity contribution is -0.0467. The number of ether oxygens (including phenoxy) is 2. The predicted molar refractivity (Wildman–Crippen MR) is 78.0 cm³/mol. The van der Waals surface area contributed by atoms with Crippen molar-refractivity contribution >= 4 is 16.8 Å². The van der Waals surface area contributed by atoms with Crippen LogP contribution in [-0.4, -0.2) is 36.6 Å². The summed E-state index contributed by atoms with van der Waals surface area (Å²) in [6.45, 7) is 0.734. The summed E-state index contributed by atoms with van der Waals surface area (Å²) in [6, 6.07) is 1.37. The third kappa shape index (κ3) is 3.60. The first-order valence-electron chi connectivity index (χ1n) is 7.57. The maximum absolute atomic E-state index is 14.0. The number of rotatable bonds is 4. The molecular weight excluding hydrogens is 310 g/mol. The van der Waals surface area contributed by atoms with Crippen LogP contribution in [0.1, 0.15) is 31.1 Å². The van der Waals surface area contributed by atoms with E-state index in [0.29, 0.717) is 13.2 Å². The Kier molecular flexibility index (Phi) is 5.04. The molecule has 8 heteroatoms. The summed E-state index contributed by atoms with van der Waals surface area (Å²) in [6.07, 6.45) is 3.56. The molecule has 1 aromatic carbocycles. The van der Waals surface area contributed by atoms with Crippen LogP contribution in [0.3, 0.4) is 0 Å². The highest BCUT2D eigenvalue weighted by atomic mass is 19.2. The lowest BCUT2D eigenvalue weighted by Gasteiger charge is -2.11.